The molecule has 150 valence electrons. The zero-order valence-corrected chi connectivity index (χ0v) is 16.5. The number of aromatic hydroxyl groups is 2. The van der Waals surface area contributed by atoms with Crippen molar-refractivity contribution in [1.29, 1.82) is 0 Å². The van der Waals surface area contributed by atoms with Gasteiger partial charge in [-0.25, -0.2) is 9.97 Å². The molecule has 0 aliphatic rings. The number of hydrogen-bond donors (Lipinski definition) is 2. The monoisotopic (exact) mass is 400 g/mol. The fourth-order valence-electron chi connectivity index (χ4n) is 3.25. The number of phenols is 2. The molecule has 0 saturated heterocycles. The average Bonchev–Trinajstić information content (AvgIpc) is 2.79. The third-order valence-corrected chi connectivity index (χ3v) is 4.72. The van der Waals surface area contributed by atoms with E-state index in [1.165, 1.54) is 0 Å². The number of phenolic OH excluding ortho intramolecular Hbond substituents is 2. The molecule has 0 aliphatic carbocycles. The molecule has 0 saturated carbocycles. The molecule has 0 atom stereocenters. The summed E-state index contributed by atoms with van der Waals surface area (Å²) in [6.07, 6.45) is 0. The second-order valence-electron chi connectivity index (χ2n) is 6.55. The zero-order valence-electron chi connectivity index (χ0n) is 16.5. The van der Waals surface area contributed by atoms with Crippen LogP contribution in [0.4, 0.5) is 0 Å². The summed E-state index contributed by atoms with van der Waals surface area (Å²) in [5, 5.41) is 20.7. The Kier molecular flexibility index (Phi) is 5.22. The zero-order chi connectivity index (χ0) is 21.1. The van der Waals surface area contributed by atoms with Gasteiger partial charge in [0.1, 0.15) is 23.0 Å². The van der Waals surface area contributed by atoms with E-state index >= 15 is 0 Å². The predicted molar refractivity (Wildman–Crippen MR) is 115 cm³/mol. The van der Waals surface area contributed by atoms with Crippen molar-refractivity contribution in [3.8, 4) is 56.9 Å². The summed E-state index contributed by atoms with van der Waals surface area (Å²) in [4.78, 5) is 9.35. The highest BCUT2D eigenvalue weighted by atomic mass is 16.5. The second-order valence-corrected chi connectivity index (χ2v) is 6.55. The van der Waals surface area contributed by atoms with Gasteiger partial charge in [0.25, 0.3) is 0 Å². The molecule has 0 bridgehead atoms. The van der Waals surface area contributed by atoms with Gasteiger partial charge in [0.15, 0.2) is 0 Å². The lowest BCUT2D eigenvalue weighted by Crippen LogP contribution is -1.94. The van der Waals surface area contributed by atoms with Crippen molar-refractivity contribution < 1.29 is 19.7 Å². The molecule has 0 unspecified atom stereocenters. The van der Waals surface area contributed by atoms with Crippen LogP contribution < -0.4 is 9.47 Å². The molecular weight excluding hydrogens is 380 g/mol. The Morgan fingerprint density at radius 1 is 0.633 bits per heavy atom. The van der Waals surface area contributed by atoms with Crippen molar-refractivity contribution in [3.05, 3.63) is 72.8 Å². The normalized spacial score (nSPS) is 10.6. The minimum atomic E-state index is 0.0830. The van der Waals surface area contributed by atoms with Gasteiger partial charge in [0, 0.05) is 11.6 Å². The van der Waals surface area contributed by atoms with E-state index in [9.17, 15) is 10.2 Å². The lowest BCUT2D eigenvalue weighted by Gasteiger charge is -2.11. The summed E-state index contributed by atoms with van der Waals surface area (Å²) in [5.74, 6) is 1.27. The Labute approximate surface area is 174 Å². The lowest BCUT2D eigenvalue weighted by atomic mass is 10.1. The van der Waals surface area contributed by atoms with E-state index in [2.05, 4.69) is 9.97 Å². The topological polar surface area (TPSA) is 84.7 Å². The molecule has 6 heteroatoms. The third-order valence-electron chi connectivity index (χ3n) is 4.72. The molecular formula is C24H20N2O4. The molecule has 4 rings (SSSR count). The average molecular weight is 400 g/mol. The van der Waals surface area contributed by atoms with Crippen LogP contribution in [-0.4, -0.2) is 34.4 Å². The van der Waals surface area contributed by atoms with Gasteiger partial charge in [-0.2, -0.15) is 0 Å². The first-order valence-corrected chi connectivity index (χ1v) is 9.29. The van der Waals surface area contributed by atoms with E-state index < -0.39 is 0 Å². The van der Waals surface area contributed by atoms with Crippen LogP contribution in [0.25, 0.3) is 33.9 Å². The summed E-state index contributed by atoms with van der Waals surface area (Å²) in [5.41, 5.74) is 3.57. The quantitative estimate of drug-likeness (QED) is 0.495. The van der Waals surface area contributed by atoms with Gasteiger partial charge < -0.3 is 19.7 Å². The maximum absolute atomic E-state index is 10.3. The predicted octanol–water partition coefficient (Wildman–Crippen LogP) is 4.91. The number of hydrogen-bond acceptors (Lipinski definition) is 6. The lowest BCUT2D eigenvalue weighted by molar-refractivity contribution is 0.408. The van der Waals surface area contributed by atoms with Gasteiger partial charge in [-0.1, -0.05) is 18.2 Å². The van der Waals surface area contributed by atoms with Gasteiger partial charge in [0.05, 0.1) is 42.6 Å². The maximum atomic E-state index is 10.3. The highest BCUT2D eigenvalue weighted by molar-refractivity contribution is 5.76. The van der Waals surface area contributed by atoms with Crippen LogP contribution in [-0.2, 0) is 0 Å². The molecule has 30 heavy (non-hydrogen) atoms. The van der Waals surface area contributed by atoms with E-state index in [1.807, 2.05) is 30.3 Å². The number of aromatic nitrogens is 2. The molecule has 0 spiro atoms. The van der Waals surface area contributed by atoms with Crippen LogP contribution in [0.2, 0.25) is 0 Å². The Hall–Kier alpha value is -4.06. The Balaban J connectivity index is 1.77. The van der Waals surface area contributed by atoms with E-state index in [4.69, 9.17) is 9.47 Å². The van der Waals surface area contributed by atoms with Crippen LogP contribution in [0.3, 0.4) is 0 Å². The Morgan fingerprint density at radius 2 is 1.27 bits per heavy atom. The smallest absolute Gasteiger partial charge is 0.132 e. The van der Waals surface area contributed by atoms with Crippen LogP contribution in [0, 0.1) is 0 Å². The van der Waals surface area contributed by atoms with E-state index in [0.717, 1.165) is 0 Å². The number of ether oxygens (including phenoxy) is 2. The first kappa shape index (κ1) is 19.3. The number of benzene rings is 2. The molecule has 2 N–H and O–H groups in total. The van der Waals surface area contributed by atoms with Gasteiger partial charge in [-0.15, -0.1) is 0 Å². The largest absolute Gasteiger partial charge is 0.507 e. The van der Waals surface area contributed by atoms with Crippen molar-refractivity contribution in [2.75, 3.05) is 14.2 Å². The Morgan fingerprint density at radius 3 is 1.93 bits per heavy atom. The first-order valence-electron chi connectivity index (χ1n) is 9.29. The number of methoxy groups -OCH3 is 2. The minimum absolute atomic E-state index is 0.0830. The molecule has 0 fully saturated rings. The van der Waals surface area contributed by atoms with Crippen LogP contribution >= 0.6 is 0 Å². The maximum Gasteiger partial charge on any atom is 0.132 e. The number of nitrogens with zero attached hydrogens (tertiary/aromatic N) is 2. The first-order chi connectivity index (χ1) is 14.6. The van der Waals surface area contributed by atoms with E-state index in [1.54, 1.807) is 56.7 Å². The molecule has 0 radical (unpaired) electrons. The summed E-state index contributed by atoms with van der Waals surface area (Å²) in [6, 6.07) is 21.2. The molecule has 2 heterocycles. The summed E-state index contributed by atoms with van der Waals surface area (Å²) >= 11 is 0. The van der Waals surface area contributed by atoms with Crippen molar-refractivity contribution >= 4 is 0 Å². The van der Waals surface area contributed by atoms with Gasteiger partial charge >= 0.3 is 0 Å². The van der Waals surface area contributed by atoms with Crippen molar-refractivity contribution in [2.24, 2.45) is 0 Å². The SMILES string of the molecule is COc1ccc(-c2cccc(-c3cccc(-c4c(O)cccc4OC)n3)n2)c(O)c1. The standard InChI is InChI=1S/C24H20N2O4/c1-29-15-12-13-16(22(28)14-15)17-6-3-7-18(25-17)19-8-4-9-20(26-19)24-21(27)10-5-11-23(24)30-2/h3-14,27-28H,1-2H3. The molecule has 2 aromatic heterocycles. The van der Waals surface area contributed by atoms with Crippen LogP contribution in [0.5, 0.6) is 23.0 Å². The summed E-state index contributed by atoms with van der Waals surface area (Å²) in [7, 11) is 3.10. The molecule has 0 aliphatic heterocycles. The van der Waals surface area contributed by atoms with Crippen LogP contribution in [0.1, 0.15) is 0 Å². The fraction of sp³-hybridized carbons (Fsp3) is 0.0833. The van der Waals surface area contributed by atoms with E-state index in [0.29, 0.717) is 45.4 Å². The fourth-order valence-corrected chi connectivity index (χ4v) is 3.25. The molecule has 4 aromatic rings. The third kappa shape index (κ3) is 3.63. The van der Waals surface area contributed by atoms with Crippen molar-refractivity contribution in [1.82, 2.24) is 9.97 Å². The molecule has 0 amide bonds. The minimum Gasteiger partial charge on any atom is -0.507 e. The number of rotatable bonds is 5. The summed E-state index contributed by atoms with van der Waals surface area (Å²) in [6.45, 7) is 0. The number of pyridine rings is 2. The second kappa shape index (κ2) is 8.13. The van der Waals surface area contributed by atoms with Crippen molar-refractivity contribution in [2.45, 2.75) is 0 Å². The highest BCUT2D eigenvalue weighted by Crippen LogP contribution is 2.37. The highest BCUT2D eigenvalue weighted by Gasteiger charge is 2.14. The van der Waals surface area contributed by atoms with Gasteiger partial charge in [-0.05, 0) is 48.5 Å². The van der Waals surface area contributed by atoms with E-state index in [-0.39, 0.29) is 11.5 Å². The molecule has 2 aromatic carbocycles. The summed E-state index contributed by atoms with van der Waals surface area (Å²) < 4.78 is 10.5. The molecule has 6 nitrogen and oxygen atoms in total. The van der Waals surface area contributed by atoms with Gasteiger partial charge in [-0.3, -0.25) is 0 Å². The van der Waals surface area contributed by atoms with Crippen molar-refractivity contribution in [3.63, 3.8) is 0 Å². The Bertz CT molecular complexity index is 1210. The van der Waals surface area contributed by atoms with Gasteiger partial charge in [0.2, 0.25) is 0 Å². The van der Waals surface area contributed by atoms with Crippen LogP contribution in [0.15, 0.2) is 72.8 Å².